The monoisotopic (exact) mass is 299 g/mol. The third-order valence-corrected chi connectivity index (χ3v) is 4.07. The van der Waals surface area contributed by atoms with Crippen molar-refractivity contribution >= 4 is 11.8 Å². The van der Waals surface area contributed by atoms with E-state index in [-0.39, 0.29) is 24.4 Å². The predicted octanol–water partition coefficient (Wildman–Crippen LogP) is 1.94. The molecular formula is C17H21N3O2. The normalized spacial score (nSPS) is 17.4. The van der Waals surface area contributed by atoms with Gasteiger partial charge in [-0.2, -0.15) is 5.26 Å². The lowest BCUT2D eigenvalue weighted by molar-refractivity contribution is -0.131. The lowest BCUT2D eigenvalue weighted by atomic mass is 10.0. The molecule has 5 heteroatoms. The van der Waals surface area contributed by atoms with Crippen molar-refractivity contribution in [1.29, 1.82) is 5.26 Å². The SMILES string of the molecule is CC(C)C1CCCN1C(=O)CNC(=O)c1ccc(C#N)cc1. The highest BCUT2D eigenvalue weighted by atomic mass is 16.2. The Hall–Kier alpha value is -2.35. The summed E-state index contributed by atoms with van der Waals surface area (Å²) in [7, 11) is 0. The van der Waals surface area contributed by atoms with Gasteiger partial charge in [0.2, 0.25) is 5.91 Å². The molecule has 1 fully saturated rings. The van der Waals surface area contributed by atoms with Gasteiger partial charge in [-0.3, -0.25) is 9.59 Å². The molecule has 0 spiro atoms. The maximum Gasteiger partial charge on any atom is 0.251 e. The molecule has 0 aromatic heterocycles. The minimum Gasteiger partial charge on any atom is -0.343 e. The van der Waals surface area contributed by atoms with E-state index in [1.807, 2.05) is 11.0 Å². The first-order valence-electron chi connectivity index (χ1n) is 7.60. The van der Waals surface area contributed by atoms with Crippen LogP contribution in [0.1, 0.15) is 42.6 Å². The van der Waals surface area contributed by atoms with E-state index in [2.05, 4.69) is 19.2 Å². The van der Waals surface area contributed by atoms with Crippen LogP contribution in [0.2, 0.25) is 0 Å². The molecular weight excluding hydrogens is 278 g/mol. The lowest BCUT2D eigenvalue weighted by Gasteiger charge is -2.27. The van der Waals surface area contributed by atoms with Gasteiger partial charge < -0.3 is 10.2 Å². The van der Waals surface area contributed by atoms with Crippen molar-refractivity contribution in [2.45, 2.75) is 32.7 Å². The lowest BCUT2D eigenvalue weighted by Crippen LogP contribution is -2.44. The van der Waals surface area contributed by atoms with Crippen LogP contribution in [0.25, 0.3) is 0 Å². The summed E-state index contributed by atoms with van der Waals surface area (Å²) in [6.45, 7) is 5.02. The van der Waals surface area contributed by atoms with Crippen LogP contribution in [0.5, 0.6) is 0 Å². The molecule has 2 amide bonds. The summed E-state index contributed by atoms with van der Waals surface area (Å²) in [6.07, 6.45) is 2.06. The number of nitrogens with zero attached hydrogens (tertiary/aromatic N) is 2. The second-order valence-corrected chi connectivity index (χ2v) is 5.91. The van der Waals surface area contributed by atoms with Crippen molar-refractivity contribution in [3.63, 3.8) is 0 Å². The number of carbonyl (C=O) groups excluding carboxylic acids is 2. The average Bonchev–Trinajstić information content (AvgIpc) is 3.02. The molecule has 5 nitrogen and oxygen atoms in total. The first-order valence-corrected chi connectivity index (χ1v) is 7.60. The maximum atomic E-state index is 12.3. The summed E-state index contributed by atoms with van der Waals surface area (Å²) in [5.41, 5.74) is 0.957. The van der Waals surface area contributed by atoms with E-state index in [0.29, 0.717) is 17.0 Å². The number of amides is 2. The van der Waals surface area contributed by atoms with Gasteiger partial charge >= 0.3 is 0 Å². The van der Waals surface area contributed by atoms with E-state index < -0.39 is 0 Å². The third kappa shape index (κ3) is 3.64. The fraction of sp³-hybridized carbons (Fsp3) is 0.471. The Balaban J connectivity index is 1.90. The Bertz CT molecular complexity index is 587. The second kappa shape index (κ2) is 7.08. The molecule has 116 valence electrons. The van der Waals surface area contributed by atoms with Gasteiger partial charge in [0.25, 0.3) is 5.91 Å². The number of hydrogen-bond acceptors (Lipinski definition) is 3. The van der Waals surface area contributed by atoms with Crippen molar-refractivity contribution in [1.82, 2.24) is 10.2 Å². The van der Waals surface area contributed by atoms with Gasteiger partial charge in [0.05, 0.1) is 18.2 Å². The molecule has 0 radical (unpaired) electrons. The average molecular weight is 299 g/mol. The van der Waals surface area contributed by atoms with E-state index in [0.717, 1.165) is 19.4 Å². The first kappa shape index (κ1) is 16.0. The molecule has 1 heterocycles. The molecule has 1 N–H and O–H groups in total. The van der Waals surface area contributed by atoms with E-state index in [1.165, 1.54) is 0 Å². The van der Waals surface area contributed by atoms with E-state index >= 15 is 0 Å². The van der Waals surface area contributed by atoms with Crippen molar-refractivity contribution in [3.8, 4) is 6.07 Å². The van der Waals surface area contributed by atoms with Crippen LogP contribution >= 0.6 is 0 Å². The third-order valence-electron chi connectivity index (χ3n) is 4.07. The van der Waals surface area contributed by atoms with Crippen LogP contribution in [0.3, 0.4) is 0 Å². The molecule has 1 unspecified atom stereocenters. The van der Waals surface area contributed by atoms with Crippen LogP contribution in [0, 0.1) is 17.2 Å². The van der Waals surface area contributed by atoms with Gasteiger partial charge in [-0.15, -0.1) is 0 Å². The summed E-state index contributed by atoms with van der Waals surface area (Å²) in [4.78, 5) is 26.2. The zero-order valence-corrected chi connectivity index (χ0v) is 13.0. The van der Waals surface area contributed by atoms with E-state index in [4.69, 9.17) is 5.26 Å². The summed E-state index contributed by atoms with van der Waals surface area (Å²) >= 11 is 0. The Labute approximate surface area is 130 Å². The van der Waals surface area contributed by atoms with Gasteiger partial charge in [0, 0.05) is 18.2 Å². The minimum atomic E-state index is -0.293. The zero-order valence-electron chi connectivity index (χ0n) is 13.0. The zero-order chi connectivity index (χ0) is 16.1. The fourth-order valence-corrected chi connectivity index (χ4v) is 2.85. The number of carbonyl (C=O) groups is 2. The number of rotatable bonds is 4. The summed E-state index contributed by atoms with van der Waals surface area (Å²) in [5.74, 6) is 0.108. The maximum absolute atomic E-state index is 12.3. The topological polar surface area (TPSA) is 73.2 Å². The van der Waals surface area contributed by atoms with Crippen LogP contribution < -0.4 is 5.32 Å². The molecule has 22 heavy (non-hydrogen) atoms. The van der Waals surface area contributed by atoms with Crippen molar-refractivity contribution in [2.24, 2.45) is 5.92 Å². The number of nitrogens with one attached hydrogen (secondary N) is 1. The van der Waals surface area contributed by atoms with Crippen molar-refractivity contribution in [3.05, 3.63) is 35.4 Å². The van der Waals surface area contributed by atoms with Crippen LogP contribution in [-0.4, -0.2) is 35.8 Å². The molecule has 0 aliphatic carbocycles. The Morgan fingerprint density at radius 1 is 1.36 bits per heavy atom. The van der Waals surface area contributed by atoms with Crippen LogP contribution in [0.4, 0.5) is 0 Å². The summed E-state index contributed by atoms with van der Waals surface area (Å²) in [5, 5.41) is 11.4. The number of likely N-dealkylation sites (tertiary alicyclic amines) is 1. The molecule has 1 aliphatic rings. The van der Waals surface area contributed by atoms with Gasteiger partial charge in [-0.25, -0.2) is 0 Å². The summed E-state index contributed by atoms with van der Waals surface area (Å²) in [6, 6.07) is 8.64. The van der Waals surface area contributed by atoms with Gasteiger partial charge in [-0.1, -0.05) is 13.8 Å². The van der Waals surface area contributed by atoms with Gasteiger partial charge in [0.15, 0.2) is 0 Å². The minimum absolute atomic E-state index is 0.0159. The quantitative estimate of drug-likeness (QED) is 0.923. The number of hydrogen-bond donors (Lipinski definition) is 1. The molecule has 2 rings (SSSR count). The van der Waals surface area contributed by atoms with E-state index in [1.54, 1.807) is 24.3 Å². The van der Waals surface area contributed by atoms with E-state index in [9.17, 15) is 9.59 Å². The number of nitriles is 1. The largest absolute Gasteiger partial charge is 0.343 e. The highest BCUT2D eigenvalue weighted by Crippen LogP contribution is 2.23. The smallest absolute Gasteiger partial charge is 0.251 e. The van der Waals surface area contributed by atoms with Crippen molar-refractivity contribution in [2.75, 3.05) is 13.1 Å². The second-order valence-electron chi connectivity index (χ2n) is 5.91. The molecule has 1 aliphatic heterocycles. The highest BCUT2D eigenvalue weighted by molar-refractivity contribution is 5.96. The Morgan fingerprint density at radius 3 is 2.64 bits per heavy atom. The standard InChI is InChI=1S/C17H21N3O2/c1-12(2)15-4-3-9-20(15)16(21)11-19-17(22)14-7-5-13(10-18)6-8-14/h5-8,12,15H,3-4,9,11H2,1-2H3,(H,19,22). The summed E-state index contributed by atoms with van der Waals surface area (Å²) < 4.78 is 0. The highest BCUT2D eigenvalue weighted by Gasteiger charge is 2.30. The molecule has 1 atom stereocenters. The molecule has 1 aromatic rings. The van der Waals surface area contributed by atoms with Crippen molar-refractivity contribution < 1.29 is 9.59 Å². The molecule has 0 saturated carbocycles. The number of benzene rings is 1. The van der Waals surface area contributed by atoms with Gasteiger partial charge in [0.1, 0.15) is 0 Å². The Kier molecular flexibility index (Phi) is 5.16. The molecule has 1 saturated heterocycles. The first-order chi connectivity index (χ1) is 10.5. The fourth-order valence-electron chi connectivity index (χ4n) is 2.85. The van der Waals surface area contributed by atoms with Gasteiger partial charge in [-0.05, 0) is 43.0 Å². The van der Waals surface area contributed by atoms with Crippen LogP contribution in [-0.2, 0) is 4.79 Å². The Morgan fingerprint density at radius 2 is 2.05 bits per heavy atom. The predicted molar refractivity (Wildman–Crippen MR) is 83.1 cm³/mol. The molecule has 1 aromatic carbocycles. The van der Waals surface area contributed by atoms with Crippen LogP contribution in [0.15, 0.2) is 24.3 Å². The molecule has 0 bridgehead atoms.